The predicted molar refractivity (Wildman–Crippen MR) is 44.5 cm³/mol. The summed E-state index contributed by atoms with van der Waals surface area (Å²) in [4.78, 5) is 0. The molecule has 0 unspecified atom stereocenters. The molecule has 0 aliphatic carbocycles. The zero-order chi connectivity index (χ0) is 8.69. The van der Waals surface area contributed by atoms with Crippen LogP contribution in [0.25, 0.3) is 0 Å². The van der Waals surface area contributed by atoms with E-state index in [2.05, 4.69) is 5.32 Å². The Morgan fingerprint density at radius 3 is 2.64 bits per heavy atom. The number of rotatable bonds is 6. The van der Waals surface area contributed by atoms with Gasteiger partial charge in [-0.15, -0.1) is 0 Å². The molecular formula is C5H16BN3O2. The van der Waals surface area contributed by atoms with Gasteiger partial charge in [0.05, 0.1) is 0 Å². The van der Waals surface area contributed by atoms with E-state index in [0.717, 1.165) is 13.0 Å². The van der Waals surface area contributed by atoms with Crippen molar-refractivity contribution in [3.63, 3.8) is 0 Å². The first-order valence-electron chi connectivity index (χ1n) is 3.67. The van der Waals surface area contributed by atoms with Gasteiger partial charge in [-0.1, -0.05) is 0 Å². The Balaban J connectivity index is 3.15. The van der Waals surface area contributed by atoms with Gasteiger partial charge in [0, 0.05) is 13.0 Å². The van der Waals surface area contributed by atoms with Crippen molar-refractivity contribution in [2.24, 2.45) is 5.84 Å². The van der Waals surface area contributed by atoms with E-state index in [-0.39, 0.29) is 6.44 Å². The number of nitrogens with zero attached hydrogens (tertiary/aromatic N) is 1. The number of hydrogen-bond donors (Lipinski definition) is 4. The minimum absolute atomic E-state index is 0.101. The topological polar surface area (TPSA) is 81.8 Å². The molecule has 0 aromatic heterocycles. The normalized spacial score (nSPS) is 10.6. The molecule has 5 N–H and O–H groups in total. The van der Waals surface area contributed by atoms with E-state index in [1.165, 1.54) is 5.01 Å². The number of hydrazine groups is 1. The van der Waals surface area contributed by atoms with Crippen LogP contribution in [0.3, 0.4) is 0 Å². The van der Waals surface area contributed by atoms with E-state index >= 15 is 0 Å². The van der Waals surface area contributed by atoms with Gasteiger partial charge in [-0.25, -0.2) is 5.01 Å². The Morgan fingerprint density at radius 1 is 1.55 bits per heavy atom. The van der Waals surface area contributed by atoms with Crippen molar-refractivity contribution < 1.29 is 10.0 Å². The molecule has 0 heterocycles. The predicted octanol–water partition coefficient (Wildman–Crippen LogP) is -2.22. The van der Waals surface area contributed by atoms with E-state index < -0.39 is 7.12 Å². The Hall–Kier alpha value is -0.135. The summed E-state index contributed by atoms with van der Waals surface area (Å²) in [5.74, 6) is 5.40. The molecule has 0 amide bonds. The van der Waals surface area contributed by atoms with Crippen molar-refractivity contribution in [2.75, 3.05) is 26.6 Å². The van der Waals surface area contributed by atoms with E-state index in [0.29, 0.717) is 6.54 Å². The van der Waals surface area contributed by atoms with Crippen LogP contribution in [0.15, 0.2) is 0 Å². The Kier molecular flexibility index (Phi) is 6.49. The van der Waals surface area contributed by atoms with Gasteiger partial charge in [0.2, 0.25) is 0 Å². The van der Waals surface area contributed by atoms with Crippen molar-refractivity contribution in [3.8, 4) is 0 Å². The van der Waals surface area contributed by atoms with Crippen molar-refractivity contribution in [1.82, 2.24) is 10.3 Å². The molecule has 0 saturated heterocycles. The van der Waals surface area contributed by atoms with Gasteiger partial charge in [0.15, 0.2) is 0 Å². The first-order chi connectivity index (χ1) is 5.16. The maximum absolute atomic E-state index is 8.50. The minimum atomic E-state index is -1.34. The molecule has 0 aromatic rings. The molecule has 0 spiro atoms. The van der Waals surface area contributed by atoms with Crippen LogP contribution in [-0.2, 0) is 0 Å². The molecule has 5 nitrogen and oxygen atoms in total. The van der Waals surface area contributed by atoms with E-state index in [9.17, 15) is 0 Å². The lowest BCUT2D eigenvalue weighted by atomic mass is 9.92. The molecular weight excluding hydrogens is 145 g/mol. The van der Waals surface area contributed by atoms with E-state index in [4.69, 9.17) is 15.9 Å². The minimum Gasteiger partial charge on any atom is -0.426 e. The standard InChI is InChI=1S/C5H16BN3O2/c1-8-3-2-4-9(7)5-6(10)11/h8,10-11H,2-5,7H2,1H3. The van der Waals surface area contributed by atoms with Crippen LogP contribution < -0.4 is 11.2 Å². The Bertz CT molecular complexity index is 93.8. The lowest BCUT2D eigenvalue weighted by Gasteiger charge is -2.14. The fourth-order valence-electron chi connectivity index (χ4n) is 0.760. The van der Waals surface area contributed by atoms with Gasteiger partial charge in [-0.2, -0.15) is 0 Å². The third-order valence-corrected chi connectivity index (χ3v) is 1.27. The number of hydrogen-bond acceptors (Lipinski definition) is 5. The summed E-state index contributed by atoms with van der Waals surface area (Å²) in [5.41, 5.74) is 0. The fourth-order valence-corrected chi connectivity index (χ4v) is 0.760. The highest BCUT2D eigenvalue weighted by Crippen LogP contribution is 1.82. The summed E-state index contributed by atoms with van der Waals surface area (Å²) >= 11 is 0. The molecule has 0 rings (SSSR count). The van der Waals surface area contributed by atoms with Gasteiger partial charge in [0.1, 0.15) is 0 Å². The summed E-state index contributed by atoms with van der Waals surface area (Å²) in [6, 6.07) is 0. The molecule has 6 heteroatoms. The number of nitrogens with one attached hydrogen (secondary N) is 1. The molecule has 0 fully saturated rings. The largest absolute Gasteiger partial charge is 0.468 e. The highest BCUT2D eigenvalue weighted by Gasteiger charge is 2.09. The summed E-state index contributed by atoms with van der Waals surface area (Å²) < 4.78 is 0. The average molecular weight is 161 g/mol. The van der Waals surface area contributed by atoms with Gasteiger partial charge in [-0.05, 0) is 20.0 Å². The second kappa shape index (κ2) is 6.57. The second-order valence-corrected chi connectivity index (χ2v) is 2.43. The molecule has 0 bridgehead atoms. The molecule has 0 saturated carbocycles. The van der Waals surface area contributed by atoms with Crippen molar-refractivity contribution in [1.29, 1.82) is 0 Å². The van der Waals surface area contributed by atoms with Crippen LogP contribution in [0.2, 0.25) is 0 Å². The monoisotopic (exact) mass is 161 g/mol. The second-order valence-electron chi connectivity index (χ2n) is 2.43. The van der Waals surface area contributed by atoms with Crippen molar-refractivity contribution in [3.05, 3.63) is 0 Å². The molecule has 0 atom stereocenters. The zero-order valence-electron chi connectivity index (χ0n) is 6.82. The average Bonchev–Trinajstić information content (AvgIpc) is 1.86. The van der Waals surface area contributed by atoms with Crippen LogP contribution in [0.1, 0.15) is 6.42 Å². The maximum Gasteiger partial charge on any atom is 0.468 e. The molecule has 11 heavy (non-hydrogen) atoms. The first-order valence-corrected chi connectivity index (χ1v) is 3.67. The molecule has 0 radical (unpaired) electrons. The Morgan fingerprint density at radius 2 is 2.18 bits per heavy atom. The van der Waals surface area contributed by atoms with Gasteiger partial charge in [-0.3, -0.25) is 5.84 Å². The fraction of sp³-hybridized carbons (Fsp3) is 1.00. The third kappa shape index (κ3) is 7.76. The first kappa shape index (κ1) is 10.9. The van der Waals surface area contributed by atoms with Gasteiger partial charge >= 0.3 is 7.12 Å². The zero-order valence-corrected chi connectivity index (χ0v) is 6.82. The molecule has 66 valence electrons. The van der Waals surface area contributed by atoms with Crippen LogP contribution in [-0.4, -0.2) is 48.8 Å². The van der Waals surface area contributed by atoms with Gasteiger partial charge in [0.25, 0.3) is 0 Å². The van der Waals surface area contributed by atoms with Gasteiger partial charge < -0.3 is 15.4 Å². The lowest BCUT2D eigenvalue weighted by molar-refractivity contribution is 0.281. The van der Waals surface area contributed by atoms with Crippen LogP contribution in [0.5, 0.6) is 0 Å². The molecule has 0 aromatic carbocycles. The van der Waals surface area contributed by atoms with E-state index in [1.54, 1.807) is 0 Å². The summed E-state index contributed by atoms with van der Waals surface area (Å²) in [6.07, 6.45) is 1.00. The third-order valence-electron chi connectivity index (χ3n) is 1.27. The van der Waals surface area contributed by atoms with Crippen LogP contribution in [0.4, 0.5) is 0 Å². The molecule has 0 aliphatic rings. The lowest BCUT2D eigenvalue weighted by Crippen LogP contribution is -2.41. The highest BCUT2D eigenvalue weighted by molar-refractivity contribution is 6.41. The van der Waals surface area contributed by atoms with Crippen LogP contribution in [0, 0.1) is 0 Å². The van der Waals surface area contributed by atoms with Crippen molar-refractivity contribution in [2.45, 2.75) is 6.42 Å². The Labute approximate surface area is 67.3 Å². The van der Waals surface area contributed by atoms with Crippen LogP contribution >= 0.6 is 0 Å². The molecule has 0 aliphatic heterocycles. The van der Waals surface area contributed by atoms with E-state index in [1.807, 2.05) is 7.05 Å². The summed E-state index contributed by atoms with van der Waals surface area (Å²) in [6.45, 7) is 1.55. The maximum atomic E-state index is 8.50. The quantitative estimate of drug-likeness (QED) is 0.153. The smallest absolute Gasteiger partial charge is 0.426 e. The van der Waals surface area contributed by atoms with Crippen molar-refractivity contribution >= 4 is 7.12 Å². The highest BCUT2D eigenvalue weighted by atomic mass is 16.4. The SMILES string of the molecule is CNCCCN(N)CB(O)O. The summed E-state index contributed by atoms with van der Waals surface area (Å²) in [7, 11) is 0.524. The summed E-state index contributed by atoms with van der Waals surface area (Å²) in [5, 5.41) is 21.4. The number of nitrogens with two attached hydrogens (primary N) is 1.